The van der Waals surface area contributed by atoms with Gasteiger partial charge in [-0.15, -0.1) is 0 Å². The zero-order valence-corrected chi connectivity index (χ0v) is 14.6. The number of hydrazine groups is 1. The van der Waals surface area contributed by atoms with Crippen molar-refractivity contribution < 1.29 is 9.59 Å². The Morgan fingerprint density at radius 3 is 2.56 bits per heavy atom. The number of pyridine rings is 1. The van der Waals surface area contributed by atoms with E-state index in [-0.39, 0.29) is 0 Å². The van der Waals surface area contributed by atoms with E-state index < -0.39 is 11.1 Å². The van der Waals surface area contributed by atoms with E-state index >= 15 is 0 Å². The van der Waals surface area contributed by atoms with E-state index in [1.165, 1.54) is 0 Å². The lowest BCUT2D eigenvalue weighted by Gasteiger charge is -2.08. The van der Waals surface area contributed by atoms with Crippen LogP contribution in [0, 0.1) is 13.8 Å². The molecule has 0 spiro atoms. The molecule has 0 saturated carbocycles. The maximum Gasteiger partial charge on any atom is 0.317 e. The van der Waals surface area contributed by atoms with Crippen molar-refractivity contribution in [2.75, 3.05) is 4.72 Å². The van der Waals surface area contributed by atoms with Gasteiger partial charge in [0.2, 0.25) is 0 Å². The number of aromatic nitrogens is 2. The van der Waals surface area contributed by atoms with Crippen molar-refractivity contribution in [3.8, 4) is 0 Å². The summed E-state index contributed by atoms with van der Waals surface area (Å²) in [6.07, 6.45) is 1.75. The molecule has 0 atom stereocenters. The molecule has 2 aromatic heterocycles. The quantitative estimate of drug-likeness (QED) is 0.496. The van der Waals surface area contributed by atoms with Crippen LogP contribution < -0.4 is 15.6 Å². The number of amides is 2. The van der Waals surface area contributed by atoms with E-state index in [1.54, 1.807) is 17.5 Å². The first-order valence-corrected chi connectivity index (χ1v) is 8.40. The summed E-state index contributed by atoms with van der Waals surface area (Å²) in [4.78, 5) is 28.5. The number of imidazole rings is 1. The minimum Gasteiger partial charge on any atom is -0.322 e. The standard InChI is InChI=1S/C17H17N5O2S/c1-11-6-8-13(9-7-11)21-25-17(24)20-19-16(23)15-12(2)18-14-5-3-4-10-22(14)15/h3-10,21H,1-2H3,(H,19,23)(H,20,24). The van der Waals surface area contributed by atoms with Crippen LogP contribution in [0.3, 0.4) is 0 Å². The van der Waals surface area contributed by atoms with Crippen LogP contribution >= 0.6 is 11.9 Å². The van der Waals surface area contributed by atoms with Gasteiger partial charge in [-0.2, -0.15) is 0 Å². The van der Waals surface area contributed by atoms with Gasteiger partial charge in [-0.25, -0.2) is 4.98 Å². The molecule has 128 valence electrons. The minimum absolute atomic E-state index is 0.382. The number of hydrogen-bond donors (Lipinski definition) is 3. The highest BCUT2D eigenvalue weighted by Crippen LogP contribution is 2.14. The normalized spacial score (nSPS) is 10.5. The fraction of sp³-hybridized carbons (Fsp3) is 0.118. The largest absolute Gasteiger partial charge is 0.322 e. The third-order valence-electron chi connectivity index (χ3n) is 3.51. The number of nitrogens with zero attached hydrogens (tertiary/aromatic N) is 2. The molecule has 7 nitrogen and oxygen atoms in total. The molecule has 2 heterocycles. The van der Waals surface area contributed by atoms with Gasteiger partial charge in [-0.05, 0) is 38.1 Å². The van der Waals surface area contributed by atoms with Gasteiger partial charge in [0.15, 0.2) is 0 Å². The van der Waals surface area contributed by atoms with E-state index in [2.05, 4.69) is 20.6 Å². The summed E-state index contributed by atoms with van der Waals surface area (Å²) in [5.74, 6) is -0.430. The van der Waals surface area contributed by atoms with Gasteiger partial charge < -0.3 is 4.72 Å². The summed E-state index contributed by atoms with van der Waals surface area (Å²) in [7, 11) is 0. The minimum atomic E-state index is -0.430. The Morgan fingerprint density at radius 2 is 1.80 bits per heavy atom. The second-order valence-electron chi connectivity index (χ2n) is 5.41. The maximum absolute atomic E-state index is 12.3. The fourth-order valence-corrected chi connectivity index (χ4v) is 2.76. The molecule has 0 unspecified atom stereocenters. The Labute approximate surface area is 148 Å². The maximum atomic E-state index is 12.3. The highest BCUT2D eigenvalue weighted by atomic mass is 32.2. The lowest BCUT2D eigenvalue weighted by atomic mass is 10.2. The predicted octanol–water partition coefficient (Wildman–Crippen LogP) is 3.07. The van der Waals surface area contributed by atoms with Gasteiger partial charge >= 0.3 is 5.24 Å². The lowest BCUT2D eigenvalue weighted by Crippen LogP contribution is -2.40. The van der Waals surface area contributed by atoms with Crippen molar-refractivity contribution in [2.24, 2.45) is 0 Å². The van der Waals surface area contributed by atoms with Crippen LogP contribution in [0.15, 0.2) is 48.7 Å². The van der Waals surface area contributed by atoms with Crippen LogP contribution in [0.5, 0.6) is 0 Å². The summed E-state index contributed by atoms with van der Waals surface area (Å²) >= 11 is 0.845. The lowest BCUT2D eigenvalue weighted by molar-refractivity contribution is 0.0932. The number of hydrogen-bond acceptors (Lipinski definition) is 5. The summed E-state index contributed by atoms with van der Waals surface area (Å²) in [5, 5.41) is -0.430. The van der Waals surface area contributed by atoms with Gasteiger partial charge in [-0.1, -0.05) is 23.8 Å². The van der Waals surface area contributed by atoms with Gasteiger partial charge in [0.25, 0.3) is 5.91 Å². The predicted molar refractivity (Wildman–Crippen MR) is 98.3 cm³/mol. The summed E-state index contributed by atoms with van der Waals surface area (Å²) in [6, 6.07) is 13.1. The topological polar surface area (TPSA) is 87.5 Å². The van der Waals surface area contributed by atoms with Gasteiger partial charge in [0, 0.05) is 23.8 Å². The molecule has 0 aliphatic heterocycles. The zero-order chi connectivity index (χ0) is 17.8. The molecule has 0 radical (unpaired) electrons. The van der Waals surface area contributed by atoms with Crippen molar-refractivity contribution in [3.63, 3.8) is 0 Å². The van der Waals surface area contributed by atoms with Crippen LogP contribution in [0.4, 0.5) is 10.5 Å². The van der Waals surface area contributed by atoms with E-state index in [9.17, 15) is 9.59 Å². The number of fused-ring (bicyclic) bond motifs is 1. The number of aryl methyl sites for hydroxylation is 2. The number of benzene rings is 1. The first-order chi connectivity index (χ1) is 12.0. The molecule has 0 bridgehead atoms. The molecule has 0 saturated heterocycles. The SMILES string of the molecule is Cc1ccc(NSC(=O)NNC(=O)c2c(C)nc3ccccn23)cc1. The second kappa shape index (κ2) is 7.27. The highest BCUT2D eigenvalue weighted by molar-refractivity contribution is 8.14. The third-order valence-corrected chi connectivity index (χ3v) is 4.14. The van der Waals surface area contributed by atoms with Crippen LogP contribution in [0.25, 0.3) is 5.65 Å². The van der Waals surface area contributed by atoms with Crippen molar-refractivity contribution in [2.45, 2.75) is 13.8 Å². The molecule has 3 N–H and O–H groups in total. The third kappa shape index (κ3) is 3.92. The second-order valence-corrected chi connectivity index (χ2v) is 6.19. The Kier molecular flexibility index (Phi) is 4.90. The van der Waals surface area contributed by atoms with E-state index in [1.807, 2.05) is 49.4 Å². The molecule has 8 heteroatoms. The van der Waals surface area contributed by atoms with Crippen molar-refractivity contribution in [1.29, 1.82) is 0 Å². The Balaban J connectivity index is 1.57. The smallest absolute Gasteiger partial charge is 0.317 e. The van der Waals surface area contributed by atoms with E-state index in [0.717, 1.165) is 23.2 Å². The zero-order valence-electron chi connectivity index (χ0n) is 13.7. The summed E-state index contributed by atoms with van der Waals surface area (Å²) in [5.41, 5.74) is 8.35. The average molecular weight is 355 g/mol. The molecular weight excluding hydrogens is 338 g/mol. The molecule has 3 aromatic rings. The first-order valence-electron chi connectivity index (χ1n) is 7.58. The van der Waals surface area contributed by atoms with E-state index in [0.29, 0.717) is 17.0 Å². The molecule has 0 aliphatic rings. The molecule has 2 amide bonds. The van der Waals surface area contributed by atoms with Crippen LogP contribution in [0.2, 0.25) is 0 Å². The molecule has 25 heavy (non-hydrogen) atoms. The molecule has 1 aromatic carbocycles. The fourth-order valence-electron chi connectivity index (χ4n) is 2.31. The molecular formula is C17H17N5O2S. The monoisotopic (exact) mass is 355 g/mol. The first kappa shape index (κ1) is 16.8. The number of carbonyl (C=O) groups is 2. The molecule has 3 rings (SSSR count). The van der Waals surface area contributed by atoms with Crippen molar-refractivity contribution in [3.05, 3.63) is 65.6 Å². The van der Waals surface area contributed by atoms with Crippen molar-refractivity contribution >= 4 is 34.4 Å². The number of anilines is 1. The highest BCUT2D eigenvalue weighted by Gasteiger charge is 2.16. The Hall–Kier alpha value is -3.00. The van der Waals surface area contributed by atoms with E-state index in [4.69, 9.17) is 0 Å². The summed E-state index contributed by atoms with van der Waals surface area (Å²) in [6.45, 7) is 3.73. The number of rotatable bonds is 3. The van der Waals surface area contributed by atoms with Gasteiger partial charge in [0.05, 0.1) is 5.69 Å². The van der Waals surface area contributed by atoms with Crippen LogP contribution in [0.1, 0.15) is 21.7 Å². The van der Waals surface area contributed by atoms with Crippen LogP contribution in [-0.2, 0) is 0 Å². The van der Waals surface area contributed by atoms with Crippen molar-refractivity contribution in [1.82, 2.24) is 20.2 Å². The van der Waals surface area contributed by atoms with Gasteiger partial charge in [0.1, 0.15) is 11.3 Å². The molecule has 0 aliphatic carbocycles. The van der Waals surface area contributed by atoms with Gasteiger partial charge in [-0.3, -0.25) is 24.8 Å². The Morgan fingerprint density at radius 1 is 1.04 bits per heavy atom. The Bertz CT molecular complexity index is 920. The number of carbonyl (C=O) groups excluding carboxylic acids is 2. The molecule has 0 fully saturated rings. The van der Waals surface area contributed by atoms with Crippen LogP contribution in [-0.4, -0.2) is 20.5 Å². The number of nitrogens with one attached hydrogen (secondary N) is 3. The average Bonchev–Trinajstić information content (AvgIpc) is 2.95. The summed E-state index contributed by atoms with van der Waals surface area (Å²) < 4.78 is 4.58.